The molecule has 0 amide bonds. The molecule has 0 radical (unpaired) electrons. The van der Waals surface area contributed by atoms with Gasteiger partial charge in [-0.2, -0.15) is 0 Å². The number of hydrogen-bond acceptors (Lipinski definition) is 5. The predicted molar refractivity (Wildman–Crippen MR) is 134 cm³/mol. The van der Waals surface area contributed by atoms with Crippen molar-refractivity contribution in [3.8, 4) is 0 Å². The Kier molecular flexibility index (Phi) is 6.77. The van der Waals surface area contributed by atoms with Gasteiger partial charge in [-0.15, -0.1) is 0 Å². The van der Waals surface area contributed by atoms with Crippen LogP contribution in [0.3, 0.4) is 0 Å². The fourth-order valence-electron chi connectivity index (χ4n) is 4.80. The molecule has 4 rings (SSSR count). The number of aliphatic hydroxyl groups is 1. The first-order valence-electron chi connectivity index (χ1n) is 11.5. The van der Waals surface area contributed by atoms with Gasteiger partial charge in [-0.05, 0) is 22.3 Å². The van der Waals surface area contributed by atoms with Crippen LogP contribution in [-0.2, 0) is 9.16 Å². The van der Waals surface area contributed by atoms with Crippen molar-refractivity contribution < 1.29 is 14.3 Å². The maximum Gasteiger partial charge on any atom is 0.330 e. The van der Waals surface area contributed by atoms with E-state index in [9.17, 15) is 14.7 Å². The maximum atomic E-state index is 12.3. The van der Waals surface area contributed by atoms with Crippen LogP contribution >= 0.6 is 0 Å². The molecular weight excluding hydrogens is 448 g/mol. The van der Waals surface area contributed by atoms with Crippen molar-refractivity contribution in [1.29, 1.82) is 0 Å². The number of H-pyrrole nitrogens is 1. The SMILES string of the molecule is Cc1cn([C@H]2C[C@@H](O)[C@@H](CO[Si](c3ccccc3)(c3ccccc3)C(C)(C)C)O2)c(=O)[nH]c1=O. The van der Waals surface area contributed by atoms with E-state index in [2.05, 4.69) is 50.0 Å². The first kappa shape index (κ1) is 24.3. The van der Waals surface area contributed by atoms with Crippen LogP contribution in [0.2, 0.25) is 5.04 Å². The Balaban J connectivity index is 1.66. The first-order chi connectivity index (χ1) is 16.1. The molecule has 0 unspecified atom stereocenters. The first-order valence-corrected chi connectivity index (χ1v) is 13.4. The molecule has 1 aliphatic rings. The normalized spacial score (nSPS) is 21.0. The number of aromatic nitrogens is 2. The van der Waals surface area contributed by atoms with E-state index in [0.717, 1.165) is 10.4 Å². The van der Waals surface area contributed by atoms with Crippen molar-refractivity contribution in [3.63, 3.8) is 0 Å². The van der Waals surface area contributed by atoms with Gasteiger partial charge in [-0.1, -0.05) is 81.4 Å². The molecule has 0 bridgehead atoms. The second-order valence-electron chi connectivity index (χ2n) is 9.89. The summed E-state index contributed by atoms with van der Waals surface area (Å²) in [6, 6.07) is 20.5. The summed E-state index contributed by atoms with van der Waals surface area (Å²) in [6.07, 6.45) is -0.372. The number of aromatic amines is 1. The topological polar surface area (TPSA) is 93.6 Å². The van der Waals surface area contributed by atoms with E-state index in [0.29, 0.717) is 5.56 Å². The summed E-state index contributed by atoms with van der Waals surface area (Å²) in [4.78, 5) is 26.4. The minimum atomic E-state index is -2.78. The summed E-state index contributed by atoms with van der Waals surface area (Å²) < 4.78 is 14.3. The molecule has 3 aromatic rings. The summed E-state index contributed by atoms with van der Waals surface area (Å²) in [5.74, 6) is 0. The van der Waals surface area contributed by atoms with Crippen molar-refractivity contribution in [2.45, 2.75) is 57.6 Å². The summed E-state index contributed by atoms with van der Waals surface area (Å²) in [5, 5.41) is 12.9. The minimum absolute atomic E-state index is 0.183. The number of aliphatic hydroxyl groups excluding tert-OH is 1. The van der Waals surface area contributed by atoms with Crippen LogP contribution in [0.5, 0.6) is 0 Å². The number of hydrogen-bond donors (Lipinski definition) is 2. The van der Waals surface area contributed by atoms with Gasteiger partial charge in [0.1, 0.15) is 12.3 Å². The van der Waals surface area contributed by atoms with Gasteiger partial charge in [0.25, 0.3) is 13.9 Å². The van der Waals surface area contributed by atoms with E-state index in [1.165, 1.54) is 10.8 Å². The van der Waals surface area contributed by atoms with E-state index < -0.39 is 38.0 Å². The van der Waals surface area contributed by atoms with Crippen LogP contribution in [-0.4, -0.2) is 41.8 Å². The molecule has 1 aliphatic heterocycles. The lowest BCUT2D eigenvalue weighted by molar-refractivity contribution is -0.0427. The van der Waals surface area contributed by atoms with Crippen molar-refractivity contribution in [2.24, 2.45) is 0 Å². The van der Waals surface area contributed by atoms with Crippen LogP contribution in [0.1, 0.15) is 39.0 Å². The van der Waals surface area contributed by atoms with Gasteiger partial charge in [0, 0.05) is 18.2 Å². The molecule has 0 spiro atoms. The Morgan fingerprint density at radius 1 is 1.06 bits per heavy atom. The van der Waals surface area contributed by atoms with Gasteiger partial charge >= 0.3 is 5.69 Å². The molecule has 2 aromatic carbocycles. The molecule has 1 fully saturated rings. The Morgan fingerprint density at radius 2 is 1.62 bits per heavy atom. The zero-order chi connectivity index (χ0) is 24.5. The van der Waals surface area contributed by atoms with E-state index >= 15 is 0 Å². The van der Waals surface area contributed by atoms with E-state index in [4.69, 9.17) is 9.16 Å². The van der Waals surface area contributed by atoms with Crippen LogP contribution in [0.15, 0.2) is 76.4 Å². The highest BCUT2D eigenvalue weighted by atomic mass is 28.4. The molecule has 1 aromatic heterocycles. The average Bonchev–Trinajstić information content (AvgIpc) is 3.17. The lowest BCUT2D eigenvalue weighted by Crippen LogP contribution is -2.67. The number of benzene rings is 2. The highest BCUT2D eigenvalue weighted by Gasteiger charge is 2.51. The molecule has 2 heterocycles. The third-order valence-corrected chi connectivity index (χ3v) is 11.5. The second-order valence-corrected chi connectivity index (χ2v) is 14.2. The van der Waals surface area contributed by atoms with Crippen LogP contribution in [0.25, 0.3) is 0 Å². The quantitative estimate of drug-likeness (QED) is 0.527. The Hall–Kier alpha value is -2.78. The molecule has 8 heteroatoms. The summed E-state index contributed by atoms with van der Waals surface area (Å²) >= 11 is 0. The number of rotatable bonds is 6. The number of ether oxygens (including phenoxy) is 1. The zero-order valence-electron chi connectivity index (χ0n) is 20.0. The number of aryl methyl sites for hydroxylation is 1. The summed E-state index contributed by atoms with van der Waals surface area (Å²) in [6.45, 7) is 8.38. The lowest BCUT2D eigenvalue weighted by atomic mass is 10.2. The van der Waals surface area contributed by atoms with Gasteiger partial charge in [0.2, 0.25) is 0 Å². The summed E-state index contributed by atoms with van der Waals surface area (Å²) in [5.41, 5.74) is -0.572. The standard InChI is InChI=1S/C26H32N2O5Si/c1-18-16-28(25(31)27-24(18)30)23-15-21(29)22(33-23)17-32-34(26(2,3)4,19-11-7-5-8-12-19)20-13-9-6-10-14-20/h5-14,16,21-23,29H,15,17H2,1-4H3,(H,27,30,31)/t21-,22-,23-/m1/s1. The fraction of sp³-hybridized carbons (Fsp3) is 0.385. The smallest absolute Gasteiger partial charge is 0.330 e. The molecule has 3 atom stereocenters. The van der Waals surface area contributed by atoms with Crippen LogP contribution in [0, 0.1) is 6.92 Å². The van der Waals surface area contributed by atoms with E-state index in [1.807, 2.05) is 36.4 Å². The van der Waals surface area contributed by atoms with Crippen molar-refractivity contribution in [3.05, 3.63) is 93.3 Å². The Labute approximate surface area is 200 Å². The van der Waals surface area contributed by atoms with Crippen LogP contribution in [0.4, 0.5) is 0 Å². The monoisotopic (exact) mass is 480 g/mol. The molecule has 0 saturated carbocycles. The molecular formula is C26H32N2O5Si. The Morgan fingerprint density at radius 3 is 2.15 bits per heavy atom. The predicted octanol–water partition coefficient (Wildman–Crippen LogP) is 2.07. The largest absolute Gasteiger partial charge is 0.405 e. The molecule has 1 saturated heterocycles. The van der Waals surface area contributed by atoms with Gasteiger partial charge in [-0.25, -0.2) is 4.79 Å². The maximum absolute atomic E-state index is 12.3. The van der Waals surface area contributed by atoms with Gasteiger partial charge < -0.3 is 14.3 Å². The van der Waals surface area contributed by atoms with Gasteiger partial charge in [0.05, 0.1) is 12.7 Å². The highest BCUT2D eigenvalue weighted by molar-refractivity contribution is 6.99. The van der Waals surface area contributed by atoms with Crippen LogP contribution < -0.4 is 21.6 Å². The zero-order valence-corrected chi connectivity index (χ0v) is 21.0. The molecule has 34 heavy (non-hydrogen) atoms. The highest BCUT2D eigenvalue weighted by Crippen LogP contribution is 2.38. The fourth-order valence-corrected chi connectivity index (χ4v) is 9.37. The third kappa shape index (κ3) is 4.46. The summed E-state index contributed by atoms with van der Waals surface area (Å²) in [7, 11) is -2.78. The van der Waals surface area contributed by atoms with Gasteiger partial charge in [-0.3, -0.25) is 14.3 Å². The van der Waals surface area contributed by atoms with Crippen molar-refractivity contribution >= 4 is 18.7 Å². The molecule has 0 aliphatic carbocycles. The lowest BCUT2D eigenvalue weighted by Gasteiger charge is -2.43. The molecule has 2 N–H and O–H groups in total. The van der Waals surface area contributed by atoms with Crippen molar-refractivity contribution in [1.82, 2.24) is 9.55 Å². The Bertz CT molecular complexity index is 1190. The van der Waals surface area contributed by atoms with Gasteiger partial charge in [0.15, 0.2) is 0 Å². The van der Waals surface area contributed by atoms with E-state index in [-0.39, 0.29) is 18.1 Å². The average molecular weight is 481 g/mol. The third-order valence-electron chi connectivity index (χ3n) is 6.54. The number of nitrogens with one attached hydrogen (secondary N) is 1. The van der Waals surface area contributed by atoms with Crippen molar-refractivity contribution in [2.75, 3.05) is 6.61 Å². The molecule has 7 nitrogen and oxygen atoms in total. The van der Waals surface area contributed by atoms with E-state index in [1.54, 1.807) is 6.92 Å². The minimum Gasteiger partial charge on any atom is -0.405 e. The number of nitrogens with zero attached hydrogens (tertiary/aromatic N) is 1. The molecule has 180 valence electrons. The second kappa shape index (κ2) is 9.46.